The smallest absolute Gasteiger partial charge is 0.373 e. The van der Waals surface area contributed by atoms with Gasteiger partial charge in [-0.15, -0.1) is 0 Å². The minimum absolute atomic E-state index is 0.147. The van der Waals surface area contributed by atoms with E-state index in [2.05, 4.69) is 10.1 Å². The molecule has 8 nitrogen and oxygen atoms in total. The van der Waals surface area contributed by atoms with Crippen LogP contribution in [0.15, 0.2) is 42.2 Å². The first kappa shape index (κ1) is 21.6. The highest BCUT2D eigenvalue weighted by atomic mass is 16.6. The number of ether oxygens (including phenoxy) is 3. The molecule has 0 aliphatic carbocycles. The molecule has 8 heteroatoms. The van der Waals surface area contributed by atoms with Crippen molar-refractivity contribution in [2.45, 2.75) is 31.8 Å². The van der Waals surface area contributed by atoms with Gasteiger partial charge in [0, 0.05) is 6.92 Å². The lowest BCUT2D eigenvalue weighted by Crippen LogP contribution is -2.52. The summed E-state index contributed by atoms with van der Waals surface area (Å²) in [6.45, 7) is 0.811. The second-order valence-corrected chi connectivity index (χ2v) is 5.46. The van der Waals surface area contributed by atoms with E-state index in [1.807, 2.05) is 30.3 Å². The molecular formula is C18H25NO7. The third kappa shape index (κ3) is 6.83. The molecule has 144 valence electrons. The van der Waals surface area contributed by atoms with Gasteiger partial charge in [0.2, 0.25) is 11.7 Å². The van der Waals surface area contributed by atoms with Gasteiger partial charge in [0.15, 0.2) is 0 Å². The number of aliphatic hydroxyl groups excluding tert-OH is 2. The van der Waals surface area contributed by atoms with E-state index in [0.29, 0.717) is 0 Å². The molecule has 0 aromatic heterocycles. The van der Waals surface area contributed by atoms with Gasteiger partial charge in [0.05, 0.1) is 33.5 Å². The largest absolute Gasteiger partial charge is 0.490 e. The SMILES string of the molecule is COC(=O)/C(=C/[C@H](OCc1ccccc1)[C@@H](NC(C)=O)[C@@H](O)CO)OC. The lowest BCUT2D eigenvalue weighted by Gasteiger charge is -2.29. The summed E-state index contributed by atoms with van der Waals surface area (Å²) >= 11 is 0. The molecule has 0 unspecified atom stereocenters. The molecule has 1 amide bonds. The number of carbonyl (C=O) groups is 2. The van der Waals surface area contributed by atoms with Gasteiger partial charge in [0.25, 0.3) is 0 Å². The summed E-state index contributed by atoms with van der Waals surface area (Å²) in [5, 5.41) is 21.9. The van der Waals surface area contributed by atoms with Crippen LogP contribution in [0.1, 0.15) is 12.5 Å². The Kier molecular flexibility index (Phi) is 9.35. The Morgan fingerprint density at radius 3 is 2.35 bits per heavy atom. The standard InChI is InChI=1S/C18H25NO7/c1-12(21)19-17(14(22)10-20)15(9-16(24-2)18(23)25-3)26-11-13-7-5-4-6-8-13/h4-9,14-15,17,20,22H,10-11H2,1-3H3,(H,19,21)/b16-9-/t14-,15-,17-/m0/s1. The van der Waals surface area contributed by atoms with Crippen LogP contribution >= 0.6 is 0 Å². The van der Waals surface area contributed by atoms with Crippen LogP contribution in [0.4, 0.5) is 0 Å². The van der Waals surface area contributed by atoms with Crippen LogP contribution in [0, 0.1) is 0 Å². The molecule has 0 saturated carbocycles. The molecule has 0 heterocycles. The lowest BCUT2D eigenvalue weighted by atomic mass is 10.0. The first-order chi connectivity index (χ1) is 12.4. The van der Waals surface area contributed by atoms with Gasteiger partial charge in [-0.25, -0.2) is 4.79 Å². The van der Waals surface area contributed by atoms with E-state index in [1.165, 1.54) is 27.2 Å². The van der Waals surface area contributed by atoms with Crippen LogP contribution in [0.3, 0.4) is 0 Å². The monoisotopic (exact) mass is 367 g/mol. The van der Waals surface area contributed by atoms with E-state index in [1.54, 1.807) is 0 Å². The van der Waals surface area contributed by atoms with Crippen LogP contribution in [-0.2, 0) is 30.4 Å². The molecule has 3 N–H and O–H groups in total. The Morgan fingerprint density at radius 1 is 1.19 bits per heavy atom. The van der Waals surface area contributed by atoms with Crippen LogP contribution in [0.25, 0.3) is 0 Å². The third-order valence-corrected chi connectivity index (χ3v) is 3.53. The molecule has 1 aromatic carbocycles. The second-order valence-electron chi connectivity index (χ2n) is 5.46. The van der Waals surface area contributed by atoms with Crippen molar-refractivity contribution in [1.29, 1.82) is 0 Å². The molecule has 26 heavy (non-hydrogen) atoms. The van der Waals surface area contributed by atoms with E-state index >= 15 is 0 Å². The molecule has 0 aliphatic heterocycles. The Morgan fingerprint density at radius 2 is 1.85 bits per heavy atom. The molecule has 3 atom stereocenters. The molecule has 1 aromatic rings. The van der Waals surface area contributed by atoms with Crippen molar-refractivity contribution in [1.82, 2.24) is 5.32 Å². The Balaban J connectivity index is 3.13. The van der Waals surface area contributed by atoms with Crippen molar-refractivity contribution < 1.29 is 34.0 Å². The van der Waals surface area contributed by atoms with E-state index in [4.69, 9.17) is 9.47 Å². The fraction of sp³-hybridized carbons (Fsp3) is 0.444. The summed E-state index contributed by atoms with van der Waals surface area (Å²) < 4.78 is 15.4. The maximum absolute atomic E-state index is 11.8. The van der Waals surface area contributed by atoms with Crippen LogP contribution in [0.2, 0.25) is 0 Å². The van der Waals surface area contributed by atoms with Crippen molar-refractivity contribution in [3.8, 4) is 0 Å². The third-order valence-electron chi connectivity index (χ3n) is 3.53. The molecule has 1 rings (SSSR count). The predicted octanol–water partition coefficient (Wildman–Crippen LogP) is 0.133. The van der Waals surface area contributed by atoms with Crippen molar-refractivity contribution >= 4 is 11.9 Å². The summed E-state index contributed by atoms with van der Waals surface area (Å²) in [5.41, 5.74) is 0.850. The minimum Gasteiger partial charge on any atom is -0.490 e. The fourth-order valence-corrected chi connectivity index (χ4v) is 2.24. The molecule has 0 spiro atoms. The number of hydrogen-bond donors (Lipinski definition) is 3. The average Bonchev–Trinajstić information content (AvgIpc) is 2.66. The Bertz CT molecular complexity index is 603. The highest BCUT2D eigenvalue weighted by molar-refractivity contribution is 5.86. The zero-order valence-electron chi connectivity index (χ0n) is 15.0. The van der Waals surface area contributed by atoms with Gasteiger partial charge in [-0.3, -0.25) is 4.79 Å². The molecule has 0 saturated heterocycles. The number of aliphatic hydroxyl groups is 2. The number of rotatable bonds is 10. The van der Waals surface area contributed by atoms with E-state index < -0.39 is 36.7 Å². The van der Waals surface area contributed by atoms with E-state index in [0.717, 1.165) is 5.56 Å². The molecular weight excluding hydrogens is 342 g/mol. The quantitative estimate of drug-likeness (QED) is 0.306. The molecule has 0 radical (unpaired) electrons. The molecule has 0 aliphatic rings. The average molecular weight is 367 g/mol. The summed E-state index contributed by atoms with van der Waals surface area (Å²) in [6.07, 6.45) is -0.976. The van der Waals surface area contributed by atoms with E-state index in [-0.39, 0.29) is 12.4 Å². The summed E-state index contributed by atoms with van der Waals surface area (Å²) in [5.74, 6) is -1.31. The van der Waals surface area contributed by atoms with Gasteiger partial charge < -0.3 is 29.7 Å². The van der Waals surface area contributed by atoms with Gasteiger partial charge >= 0.3 is 5.97 Å². The molecule has 0 fully saturated rings. The summed E-state index contributed by atoms with van der Waals surface area (Å²) in [4.78, 5) is 23.3. The van der Waals surface area contributed by atoms with Gasteiger partial charge in [-0.1, -0.05) is 30.3 Å². The van der Waals surface area contributed by atoms with Crippen molar-refractivity contribution in [2.24, 2.45) is 0 Å². The lowest BCUT2D eigenvalue weighted by molar-refractivity contribution is -0.139. The first-order valence-electron chi connectivity index (χ1n) is 7.98. The summed E-state index contributed by atoms with van der Waals surface area (Å²) in [6, 6.07) is 8.22. The van der Waals surface area contributed by atoms with Crippen molar-refractivity contribution in [3.63, 3.8) is 0 Å². The minimum atomic E-state index is -1.31. The number of hydrogen-bond acceptors (Lipinski definition) is 7. The number of carbonyl (C=O) groups excluding carboxylic acids is 2. The van der Waals surface area contributed by atoms with Crippen LogP contribution < -0.4 is 5.32 Å². The maximum Gasteiger partial charge on any atom is 0.373 e. The number of nitrogens with one attached hydrogen (secondary N) is 1. The zero-order valence-corrected chi connectivity index (χ0v) is 15.0. The highest BCUT2D eigenvalue weighted by Crippen LogP contribution is 2.14. The van der Waals surface area contributed by atoms with Crippen molar-refractivity contribution in [3.05, 3.63) is 47.7 Å². The van der Waals surface area contributed by atoms with Crippen LogP contribution in [-0.4, -0.2) is 61.2 Å². The summed E-state index contributed by atoms with van der Waals surface area (Å²) in [7, 11) is 2.48. The zero-order chi connectivity index (χ0) is 19.5. The number of amides is 1. The number of esters is 1. The second kappa shape index (κ2) is 11.2. The van der Waals surface area contributed by atoms with E-state index in [9.17, 15) is 19.8 Å². The Hall–Kier alpha value is -2.42. The van der Waals surface area contributed by atoms with Crippen LogP contribution in [0.5, 0.6) is 0 Å². The van der Waals surface area contributed by atoms with Gasteiger partial charge in [-0.2, -0.15) is 0 Å². The van der Waals surface area contributed by atoms with Crippen molar-refractivity contribution in [2.75, 3.05) is 20.8 Å². The topological polar surface area (TPSA) is 114 Å². The van der Waals surface area contributed by atoms with Gasteiger partial charge in [-0.05, 0) is 11.6 Å². The number of benzene rings is 1. The Labute approximate surface area is 152 Å². The maximum atomic E-state index is 11.8. The van der Waals surface area contributed by atoms with Gasteiger partial charge in [0.1, 0.15) is 12.2 Å². The predicted molar refractivity (Wildman–Crippen MR) is 92.8 cm³/mol. The normalized spacial score (nSPS) is 14.9. The highest BCUT2D eigenvalue weighted by Gasteiger charge is 2.30. The first-order valence-corrected chi connectivity index (χ1v) is 7.98. The fourth-order valence-electron chi connectivity index (χ4n) is 2.24. The number of methoxy groups -OCH3 is 2. The molecule has 0 bridgehead atoms.